The number of phenols is 1. The van der Waals surface area contributed by atoms with Crippen LogP contribution in [0.25, 0.3) is 21.3 Å². The number of carbonyl (C=O) groups excluding carboxylic acids is 1. The van der Waals surface area contributed by atoms with E-state index in [9.17, 15) is 18.3 Å². The van der Waals surface area contributed by atoms with Crippen LogP contribution in [0.3, 0.4) is 0 Å². The SMILES string of the molecule is CC(=O)Nc1nc2ccc(-c3cnc(Cl)c(NS(=O)(=O)c4ccc(O)cc4)c3)cc2s1. The molecule has 4 rings (SSSR count). The molecule has 11 heteroatoms. The molecule has 2 heterocycles. The van der Waals surface area contributed by atoms with Gasteiger partial charge in [0.25, 0.3) is 10.0 Å². The third kappa shape index (κ3) is 4.61. The lowest BCUT2D eigenvalue weighted by molar-refractivity contribution is -0.114. The minimum Gasteiger partial charge on any atom is -0.508 e. The summed E-state index contributed by atoms with van der Waals surface area (Å²) in [5.41, 5.74) is 2.27. The summed E-state index contributed by atoms with van der Waals surface area (Å²) in [6.07, 6.45) is 1.54. The Balaban J connectivity index is 1.67. The van der Waals surface area contributed by atoms with E-state index in [1.807, 2.05) is 12.1 Å². The zero-order valence-corrected chi connectivity index (χ0v) is 18.3. The van der Waals surface area contributed by atoms with Crippen molar-refractivity contribution in [1.82, 2.24) is 9.97 Å². The van der Waals surface area contributed by atoms with Gasteiger partial charge in [0.15, 0.2) is 10.3 Å². The Bertz CT molecular complexity index is 1400. The van der Waals surface area contributed by atoms with Crippen LogP contribution in [0.5, 0.6) is 5.75 Å². The number of hydrogen-bond acceptors (Lipinski definition) is 7. The number of aromatic hydroxyl groups is 1. The fourth-order valence-electron chi connectivity index (χ4n) is 2.81. The molecule has 0 bridgehead atoms. The number of amides is 1. The first-order valence-electron chi connectivity index (χ1n) is 8.87. The van der Waals surface area contributed by atoms with Gasteiger partial charge < -0.3 is 10.4 Å². The lowest BCUT2D eigenvalue weighted by atomic mass is 10.1. The number of nitrogens with zero attached hydrogens (tertiary/aromatic N) is 2. The molecule has 4 aromatic rings. The smallest absolute Gasteiger partial charge is 0.261 e. The van der Waals surface area contributed by atoms with E-state index in [0.29, 0.717) is 10.7 Å². The van der Waals surface area contributed by atoms with Gasteiger partial charge >= 0.3 is 0 Å². The molecule has 31 heavy (non-hydrogen) atoms. The van der Waals surface area contributed by atoms with Gasteiger partial charge in [-0.3, -0.25) is 9.52 Å². The molecular weight excluding hydrogens is 460 g/mol. The summed E-state index contributed by atoms with van der Waals surface area (Å²) < 4.78 is 28.6. The van der Waals surface area contributed by atoms with Crippen molar-refractivity contribution in [2.75, 3.05) is 10.0 Å². The molecule has 3 N–H and O–H groups in total. The lowest BCUT2D eigenvalue weighted by Gasteiger charge is -2.11. The summed E-state index contributed by atoms with van der Waals surface area (Å²) in [5, 5.41) is 12.5. The number of thiazole rings is 1. The van der Waals surface area contributed by atoms with Gasteiger partial charge in [-0.25, -0.2) is 18.4 Å². The fourth-order valence-corrected chi connectivity index (χ4v) is 5.03. The van der Waals surface area contributed by atoms with E-state index in [1.54, 1.807) is 12.1 Å². The number of aromatic nitrogens is 2. The van der Waals surface area contributed by atoms with Crippen LogP contribution in [-0.4, -0.2) is 29.4 Å². The number of sulfonamides is 1. The number of nitrogens with one attached hydrogen (secondary N) is 2. The second-order valence-electron chi connectivity index (χ2n) is 6.54. The maximum atomic E-state index is 12.7. The van der Waals surface area contributed by atoms with E-state index in [1.165, 1.54) is 48.7 Å². The molecule has 0 atom stereocenters. The largest absolute Gasteiger partial charge is 0.508 e. The second-order valence-corrected chi connectivity index (χ2v) is 9.62. The maximum Gasteiger partial charge on any atom is 0.261 e. The van der Waals surface area contributed by atoms with E-state index in [4.69, 9.17) is 11.6 Å². The fraction of sp³-hybridized carbons (Fsp3) is 0.0500. The Morgan fingerprint density at radius 1 is 1.10 bits per heavy atom. The van der Waals surface area contributed by atoms with Crippen molar-refractivity contribution in [1.29, 1.82) is 0 Å². The molecule has 2 aromatic carbocycles. The van der Waals surface area contributed by atoms with Gasteiger partial charge in [-0.15, -0.1) is 0 Å². The lowest BCUT2D eigenvalue weighted by Crippen LogP contribution is -2.13. The van der Waals surface area contributed by atoms with Crippen molar-refractivity contribution < 1.29 is 18.3 Å². The van der Waals surface area contributed by atoms with Gasteiger partial charge in [-0.2, -0.15) is 0 Å². The molecule has 1 amide bonds. The Labute approximate surface area is 186 Å². The second kappa shape index (κ2) is 8.14. The van der Waals surface area contributed by atoms with Crippen LogP contribution < -0.4 is 10.0 Å². The zero-order valence-electron chi connectivity index (χ0n) is 16.0. The van der Waals surface area contributed by atoms with Crippen molar-refractivity contribution in [2.45, 2.75) is 11.8 Å². The number of halogens is 1. The molecule has 0 saturated heterocycles. The van der Waals surface area contributed by atoms with Crippen LogP contribution >= 0.6 is 22.9 Å². The van der Waals surface area contributed by atoms with Gasteiger partial charge in [0, 0.05) is 18.7 Å². The minimum absolute atomic E-state index is 0.00193. The Hall–Kier alpha value is -3.21. The molecule has 158 valence electrons. The van der Waals surface area contributed by atoms with Crippen molar-refractivity contribution in [3.63, 3.8) is 0 Å². The van der Waals surface area contributed by atoms with Gasteiger partial charge in [-0.05, 0) is 48.0 Å². The van der Waals surface area contributed by atoms with Crippen LogP contribution in [0.4, 0.5) is 10.8 Å². The Morgan fingerprint density at radius 2 is 1.84 bits per heavy atom. The summed E-state index contributed by atoms with van der Waals surface area (Å²) in [7, 11) is -3.93. The molecule has 0 saturated carbocycles. The maximum absolute atomic E-state index is 12.7. The molecule has 0 aliphatic rings. The van der Waals surface area contributed by atoms with Crippen LogP contribution in [-0.2, 0) is 14.8 Å². The number of carbonyl (C=O) groups is 1. The summed E-state index contributed by atoms with van der Waals surface area (Å²) >= 11 is 7.45. The number of rotatable bonds is 5. The number of pyridine rings is 1. The van der Waals surface area contributed by atoms with Crippen molar-refractivity contribution in [3.8, 4) is 16.9 Å². The van der Waals surface area contributed by atoms with Gasteiger partial charge in [-0.1, -0.05) is 29.0 Å². The highest BCUT2D eigenvalue weighted by Gasteiger charge is 2.17. The van der Waals surface area contributed by atoms with Crippen LogP contribution in [0.1, 0.15) is 6.92 Å². The average Bonchev–Trinajstić information content (AvgIpc) is 3.10. The van der Waals surface area contributed by atoms with Gasteiger partial charge in [0.05, 0.1) is 20.8 Å². The zero-order chi connectivity index (χ0) is 22.2. The highest BCUT2D eigenvalue weighted by Crippen LogP contribution is 2.33. The van der Waals surface area contributed by atoms with Crippen LogP contribution in [0.15, 0.2) is 59.6 Å². The first-order chi connectivity index (χ1) is 14.7. The molecule has 0 aliphatic carbocycles. The summed E-state index contributed by atoms with van der Waals surface area (Å²) in [6.45, 7) is 1.41. The highest BCUT2D eigenvalue weighted by atomic mass is 35.5. The van der Waals surface area contributed by atoms with E-state index in [-0.39, 0.29) is 27.4 Å². The summed E-state index contributed by atoms with van der Waals surface area (Å²) in [5.74, 6) is -0.243. The topological polar surface area (TPSA) is 121 Å². The predicted molar refractivity (Wildman–Crippen MR) is 121 cm³/mol. The molecule has 2 aromatic heterocycles. The molecule has 0 aliphatic heterocycles. The Morgan fingerprint density at radius 3 is 2.55 bits per heavy atom. The van der Waals surface area contributed by atoms with E-state index >= 15 is 0 Å². The van der Waals surface area contributed by atoms with Crippen LogP contribution in [0, 0.1) is 0 Å². The van der Waals surface area contributed by atoms with E-state index < -0.39 is 10.0 Å². The molecule has 0 radical (unpaired) electrons. The quantitative estimate of drug-likeness (QED) is 0.367. The molecule has 8 nitrogen and oxygen atoms in total. The van der Waals surface area contributed by atoms with Gasteiger partial charge in [0.2, 0.25) is 5.91 Å². The first-order valence-corrected chi connectivity index (χ1v) is 11.5. The van der Waals surface area contributed by atoms with Gasteiger partial charge in [0.1, 0.15) is 5.75 Å². The monoisotopic (exact) mass is 474 g/mol. The summed E-state index contributed by atoms with van der Waals surface area (Å²) in [6, 6.07) is 12.2. The minimum atomic E-state index is -3.93. The molecule has 0 fully saturated rings. The molecular formula is C20H15ClN4O4S2. The van der Waals surface area contributed by atoms with Crippen molar-refractivity contribution >= 4 is 59.9 Å². The number of phenolic OH excluding ortho intramolecular Hbond substituents is 1. The summed E-state index contributed by atoms with van der Waals surface area (Å²) in [4.78, 5) is 19.7. The van der Waals surface area contributed by atoms with E-state index in [0.717, 1.165) is 15.8 Å². The van der Waals surface area contributed by atoms with Crippen molar-refractivity contribution in [2.24, 2.45) is 0 Å². The highest BCUT2D eigenvalue weighted by molar-refractivity contribution is 7.92. The van der Waals surface area contributed by atoms with E-state index in [2.05, 4.69) is 20.0 Å². The standard InChI is InChI=1S/C20H15ClN4O4S2/c1-11(26)23-20-24-16-7-2-12(9-18(16)30-20)13-8-17(19(21)22-10-13)25-31(28,29)15-5-3-14(27)4-6-15/h2-10,25,27H,1H3,(H,23,24,26). The third-order valence-electron chi connectivity index (χ3n) is 4.24. The van der Waals surface area contributed by atoms with Crippen molar-refractivity contribution in [3.05, 3.63) is 59.9 Å². The Kier molecular flexibility index (Phi) is 5.52. The molecule has 0 spiro atoms. The predicted octanol–water partition coefficient (Wildman–Crippen LogP) is 4.48. The number of fused-ring (bicyclic) bond motifs is 1. The normalized spacial score (nSPS) is 11.4. The number of anilines is 2. The number of hydrogen-bond donors (Lipinski definition) is 3. The third-order valence-corrected chi connectivity index (χ3v) is 6.85. The van der Waals surface area contributed by atoms with Crippen LogP contribution in [0.2, 0.25) is 5.15 Å². The first kappa shape index (κ1) is 21.0. The number of benzene rings is 2. The molecule has 0 unspecified atom stereocenters. The average molecular weight is 475 g/mol.